The van der Waals surface area contributed by atoms with Gasteiger partial charge in [-0.3, -0.25) is 4.98 Å². The number of hydrogen-bond acceptors (Lipinski definition) is 6. The molecule has 100 valence electrons. The topological polar surface area (TPSA) is 73.1 Å². The third-order valence-electron chi connectivity index (χ3n) is 2.94. The second-order valence-corrected chi connectivity index (χ2v) is 4.62. The lowest BCUT2D eigenvalue weighted by molar-refractivity contribution is 0.241. The molecule has 1 aliphatic rings. The summed E-state index contributed by atoms with van der Waals surface area (Å²) in [6.45, 7) is 1.03. The fourth-order valence-corrected chi connectivity index (χ4v) is 1.76. The quantitative estimate of drug-likeness (QED) is 0.851. The van der Waals surface area contributed by atoms with Gasteiger partial charge in [-0.1, -0.05) is 5.16 Å². The van der Waals surface area contributed by atoms with E-state index in [9.17, 15) is 0 Å². The van der Waals surface area contributed by atoms with Crippen molar-refractivity contribution in [3.05, 3.63) is 35.7 Å². The molecule has 0 bridgehead atoms. The molecule has 2 heterocycles. The largest absolute Gasteiger partial charge is 0.482 e. The van der Waals surface area contributed by atoms with Gasteiger partial charge in [-0.25, -0.2) is 0 Å². The standard InChI is InChI=1S/C13H16N4O2/c1-14-6-10-4-5-11(7-15-10)18-8-12-16-13(17-19-12)9-2-3-9/h4-5,7,9,14H,2-3,6,8H2,1H3. The van der Waals surface area contributed by atoms with Crippen molar-refractivity contribution < 1.29 is 9.26 Å². The van der Waals surface area contributed by atoms with Gasteiger partial charge in [0.1, 0.15) is 5.75 Å². The first kappa shape index (κ1) is 12.1. The Morgan fingerprint density at radius 2 is 2.32 bits per heavy atom. The summed E-state index contributed by atoms with van der Waals surface area (Å²) in [5.41, 5.74) is 0.976. The Labute approximate surface area is 111 Å². The molecule has 1 N–H and O–H groups in total. The van der Waals surface area contributed by atoms with E-state index in [0.29, 0.717) is 17.6 Å². The van der Waals surface area contributed by atoms with Crippen LogP contribution in [0.5, 0.6) is 5.75 Å². The molecular weight excluding hydrogens is 244 g/mol. The van der Waals surface area contributed by atoms with E-state index in [0.717, 1.165) is 30.9 Å². The molecule has 0 spiro atoms. The maximum Gasteiger partial charge on any atom is 0.264 e. The van der Waals surface area contributed by atoms with Crippen LogP contribution in [0.2, 0.25) is 0 Å². The summed E-state index contributed by atoms with van der Waals surface area (Å²) in [6.07, 6.45) is 4.03. The Morgan fingerprint density at radius 1 is 1.42 bits per heavy atom. The van der Waals surface area contributed by atoms with Gasteiger partial charge in [0.2, 0.25) is 0 Å². The Hall–Kier alpha value is -1.95. The normalized spacial score (nSPS) is 14.6. The first-order valence-corrected chi connectivity index (χ1v) is 6.40. The Balaban J connectivity index is 1.55. The molecule has 0 aromatic carbocycles. The zero-order valence-electron chi connectivity index (χ0n) is 10.8. The van der Waals surface area contributed by atoms with Gasteiger partial charge in [-0.15, -0.1) is 0 Å². The lowest BCUT2D eigenvalue weighted by Gasteiger charge is -2.03. The fourth-order valence-electron chi connectivity index (χ4n) is 1.76. The second kappa shape index (κ2) is 5.36. The fraction of sp³-hybridized carbons (Fsp3) is 0.462. The summed E-state index contributed by atoms with van der Waals surface area (Å²) in [5.74, 6) is 2.52. The minimum Gasteiger partial charge on any atom is -0.482 e. The summed E-state index contributed by atoms with van der Waals surface area (Å²) >= 11 is 0. The maximum atomic E-state index is 5.56. The number of rotatable bonds is 6. The summed E-state index contributed by atoms with van der Waals surface area (Å²) in [7, 11) is 1.89. The van der Waals surface area contributed by atoms with E-state index < -0.39 is 0 Å². The van der Waals surface area contributed by atoms with Crippen molar-refractivity contribution in [2.75, 3.05) is 7.05 Å². The predicted molar refractivity (Wildman–Crippen MR) is 67.6 cm³/mol. The third-order valence-corrected chi connectivity index (χ3v) is 2.94. The van der Waals surface area contributed by atoms with E-state index in [1.165, 1.54) is 0 Å². The first-order chi connectivity index (χ1) is 9.35. The number of hydrogen-bond donors (Lipinski definition) is 1. The van der Waals surface area contributed by atoms with E-state index in [4.69, 9.17) is 9.26 Å². The molecule has 1 saturated carbocycles. The van der Waals surface area contributed by atoms with E-state index in [1.807, 2.05) is 19.2 Å². The van der Waals surface area contributed by atoms with E-state index in [1.54, 1.807) is 6.20 Å². The molecular formula is C13H16N4O2. The van der Waals surface area contributed by atoms with E-state index in [2.05, 4.69) is 20.4 Å². The molecule has 1 fully saturated rings. The molecule has 0 saturated heterocycles. The van der Waals surface area contributed by atoms with E-state index in [-0.39, 0.29) is 6.61 Å². The van der Waals surface area contributed by atoms with Crippen molar-refractivity contribution in [3.8, 4) is 5.75 Å². The van der Waals surface area contributed by atoms with Crippen LogP contribution in [-0.2, 0) is 13.2 Å². The monoisotopic (exact) mass is 260 g/mol. The van der Waals surface area contributed by atoms with Crippen LogP contribution in [0, 0.1) is 0 Å². The van der Waals surface area contributed by atoms with E-state index >= 15 is 0 Å². The van der Waals surface area contributed by atoms with Crippen molar-refractivity contribution in [1.82, 2.24) is 20.4 Å². The summed E-state index contributed by atoms with van der Waals surface area (Å²) < 4.78 is 10.7. The first-order valence-electron chi connectivity index (χ1n) is 6.40. The molecule has 0 unspecified atom stereocenters. The summed E-state index contributed by atoms with van der Waals surface area (Å²) in [4.78, 5) is 8.57. The lowest BCUT2D eigenvalue weighted by Crippen LogP contribution is -2.06. The highest BCUT2D eigenvalue weighted by Gasteiger charge is 2.28. The molecule has 0 radical (unpaired) electrons. The maximum absolute atomic E-state index is 5.56. The highest BCUT2D eigenvalue weighted by Crippen LogP contribution is 2.38. The van der Waals surface area contributed by atoms with Crippen molar-refractivity contribution >= 4 is 0 Å². The number of nitrogens with one attached hydrogen (secondary N) is 1. The number of ether oxygens (including phenoxy) is 1. The van der Waals surface area contributed by atoms with Crippen molar-refractivity contribution in [1.29, 1.82) is 0 Å². The summed E-state index contributed by atoms with van der Waals surface area (Å²) in [6, 6.07) is 3.81. The van der Waals surface area contributed by atoms with Gasteiger partial charge in [0.15, 0.2) is 12.4 Å². The van der Waals surface area contributed by atoms with Gasteiger partial charge in [-0.05, 0) is 32.0 Å². The molecule has 6 heteroatoms. The number of aromatic nitrogens is 3. The van der Waals surface area contributed by atoms with Crippen LogP contribution in [0.15, 0.2) is 22.9 Å². The molecule has 0 aliphatic heterocycles. The molecule has 2 aromatic heterocycles. The number of pyridine rings is 1. The van der Waals surface area contributed by atoms with Gasteiger partial charge in [0, 0.05) is 12.5 Å². The van der Waals surface area contributed by atoms with Crippen molar-refractivity contribution in [2.45, 2.75) is 31.9 Å². The molecule has 19 heavy (non-hydrogen) atoms. The zero-order chi connectivity index (χ0) is 13.1. The predicted octanol–water partition coefficient (Wildman–Crippen LogP) is 1.64. The van der Waals surface area contributed by atoms with Crippen LogP contribution >= 0.6 is 0 Å². The molecule has 0 amide bonds. The van der Waals surface area contributed by atoms with Crippen molar-refractivity contribution in [3.63, 3.8) is 0 Å². The van der Waals surface area contributed by atoms with Crippen LogP contribution in [0.3, 0.4) is 0 Å². The highest BCUT2D eigenvalue weighted by molar-refractivity contribution is 5.19. The minimum absolute atomic E-state index is 0.284. The van der Waals surface area contributed by atoms with Gasteiger partial charge < -0.3 is 14.6 Å². The number of nitrogens with zero attached hydrogens (tertiary/aromatic N) is 3. The van der Waals surface area contributed by atoms with Gasteiger partial charge in [-0.2, -0.15) is 4.98 Å². The van der Waals surface area contributed by atoms with Crippen LogP contribution in [-0.4, -0.2) is 22.2 Å². The SMILES string of the molecule is CNCc1ccc(OCc2nc(C3CC3)no2)cn1. The zero-order valence-corrected chi connectivity index (χ0v) is 10.8. The summed E-state index contributed by atoms with van der Waals surface area (Å²) in [5, 5.41) is 6.98. The molecule has 2 aromatic rings. The molecule has 1 aliphatic carbocycles. The Morgan fingerprint density at radius 3 is 3.00 bits per heavy atom. The molecule has 0 atom stereocenters. The Kier molecular flexibility index (Phi) is 3.41. The van der Waals surface area contributed by atoms with Gasteiger partial charge >= 0.3 is 0 Å². The van der Waals surface area contributed by atoms with Crippen molar-refractivity contribution in [2.24, 2.45) is 0 Å². The van der Waals surface area contributed by atoms with Crippen LogP contribution in [0.1, 0.15) is 36.2 Å². The average molecular weight is 260 g/mol. The van der Waals surface area contributed by atoms with Crippen LogP contribution < -0.4 is 10.1 Å². The Bertz CT molecular complexity index is 534. The van der Waals surface area contributed by atoms with Gasteiger partial charge in [0.05, 0.1) is 11.9 Å². The third kappa shape index (κ3) is 3.08. The van der Waals surface area contributed by atoms with Gasteiger partial charge in [0.25, 0.3) is 5.89 Å². The van der Waals surface area contributed by atoms with Crippen LogP contribution in [0.4, 0.5) is 0 Å². The molecule has 6 nitrogen and oxygen atoms in total. The minimum atomic E-state index is 0.284. The molecule has 3 rings (SSSR count). The average Bonchev–Trinajstić information content (AvgIpc) is 3.18. The lowest BCUT2D eigenvalue weighted by atomic mass is 10.3. The second-order valence-electron chi connectivity index (χ2n) is 4.62. The van der Waals surface area contributed by atoms with Crippen LogP contribution in [0.25, 0.3) is 0 Å². The smallest absolute Gasteiger partial charge is 0.264 e. The highest BCUT2D eigenvalue weighted by atomic mass is 16.5.